The number of nitrogens with one attached hydrogen (secondary N) is 1. The van der Waals surface area contributed by atoms with E-state index in [4.69, 9.17) is 19.2 Å². The fraction of sp³-hybridized carbons (Fsp3) is 0.440. The first-order valence-electron chi connectivity index (χ1n) is 11.0. The van der Waals surface area contributed by atoms with Gasteiger partial charge < -0.3 is 24.1 Å². The molecule has 2 aromatic carbocycles. The number of carbonyl (C=O) groups excluding carboxylic acids is 1. The molecule has 3 aromatic rings. The van der Waals surface area contributed by atoms with E-state index in [1.54, 1.807) is 14.2 Å². The summed E-state index contributed by atoms with van der Waals surface area (Å²) in [5.74, 6) is 2.55. The molecule has 0 atom stereocenters. The predicted molar refractivity (Wildman–Crippen MR) is 124 cm³/mol. The summed E-state index contributed by atoms with van der Waals surface area (Å²) >= 11 is 0. The highest BCUT2D eigenvalue weighted by atomic mass is 16.6. The number of benzene rings is 2. The van der Waals surface area contributed by atoms with E-state index in [2.05, 4.69) is 23.2 Å². The molecule has 0 spiro atoms. The topological polar surface area (TPSA) is 76.7 Å². The van der Waals surface area contributed by atoms with Gasteiger partial charge in [0.15, 0.2) is 11.5 Å². The molecule has 0 saturated carbocycles. The Morgan fingerprint density at radius 3 is 2.41 bits per heavy atom. The van der Waals surface area contributed by atoms with E-state index in [1.807, 2.05) is 43.9 Å². The van der Waals surface area contributed by atoms with Crippen molar-refractivity contribution >= 4 is 17.1 Å². The number of carbonyl (C=O) groups is 1. The zero-order valence-corrected chi connectivity index (χ0v) is 19.4. The minimum atomic E-state index is -0.467. The zero-order chi connectivity index (χ0) is 22.9. The van der Waals surface area contributed by atoms with Crippen molar-refractivity contribution in [3.63, 3.8) is 0 Å². The van der Waals surface area contributed by atoms with Crippen molar-refractivity contribution in [1.29, 1.82) is 0 Å². The minimum absolute atomic E-state index is 0.223. The Labute approximate surface area is 188 Å². The van der Waals surface area contributed by atoms with Crippen molar-refractivity contribution in [2.45, 2.75) is 45.1 Å². The van der Waals surface area contributed by atoms with Crippen LogP contribution in [0.2, 0.25) is 0 Å². The molecule has 32 heavy (non-hydrogen) atoms. The lowest BCUT2D eigenvalue weighted by Gasteiger charge is -2.33. The molecule has 0 aliphatic carbocycles. The molecule has 1 saturated heterocycles. The van der Waals surface area contributed by atoms with Gasteiger partial charge in [-0.3, -0.25) is 0 Å². The van der Waals surface area contributed by atoms with Crippen LogP contribution in [0.4, 0.5) is 4.79 Å². The summed E-state index contributed by atoms with van der Waals surface area (Å²) in [6.45, 7) is 7.10. The highest BCUT2D eigenvalue weighted by Gasteiger charge is 2.27. The molecular formula is C25H31N3O4. The van der Waals surface area contributed by atoms with Crippen molar-refractivity contribution in [2.24, 2.45) is 0 Å². The normalized spacial score (nSPS) is 15.1. The van der Waals surface area contributed by atoms with Gasteiger partial charge in [0.2, 0.25) is 0 Å². The van der Waals surface area contributed by atoms with Crippen LogP contribution in [0.1, 0.15) is 45.1 Å². The summed E-state index contributed by atoms with van der Waals surface area (Å²) in [4.78, 5) is 22.3. The van der Waals surface area contributed by atoms with Crippen LogP contribution in [-0.4, -0.2) is 53.9 Å². The minimum Gasteiger partial charge on any atom is -0.493 e. The van der Waals surface area contributed by atoms with E-state index in [0.717, 1.165) is 35.3 Å². The Kier molecular flexibility index (Phi) is 6.00. The Hall–Kier alpha value is -3.22. The lowest BCUT2D eigenvalue weighted by molar-refractivity contribution is 0.0205. The molecule has 1 aliphatic heterocycles. The molecular weight excluding hydrogens is 406 g/mol. The number of aromatic nitrogens is 2. The number of nitrogens with zero attached hydrogens (tertiary/aromatic N) is 2. The summed E-state index contributed by atoms with van der Waals surface area (Å²) in [7, 11) is 3.25. The van der Waals surface area contributed by atoms with Crippen LogP contribution in [0.5, 0.6) is 11.5 Å². The summed E-state index contributed by atoms with van der Waals surface area (Å²) in [5.41, 5.74) is 3.66. The van der Waals surface area contributed by atoms with Crippen molar-refractivity contribution in [2.75, 3.05) is 27.3 Å². The molecule has 2 heterocycles. The SMILES string of the molecule is COc1ccc(-c2nc3ccc(C4CCN(C(=O)OC(C)(C)C)CC4)cc3[nH]2)cc1OC. The third kappa shape index (κ3) is 4.66. The number of rotatable bonds is 4. The lowest BCUT2D eigenvalue weighted by Crippen LogP contribution is -2.41. The summed E-state index contributed by atoms with van der Waals surface area (Å²) in [6, 6.07) is 12.2. The standard InChI is InChI=1S/C25H31N3O4/c1-25(2,3)32-24(29)28-12-10-16(11-13-28)17-6-8-19-20(14-17)27-23(26-19)18-7-9-21(30-4)22(15-18)31-5/h6-9,14-16H,10-13H2,1-5H3,(H,26,27). The highest BCUT2D eigenvalue weighted by molar-refractivity contribution is 5.80. The molecule has 1 amide bonds. The fourth-order valence-corrected chi connectivity index (χ4v) is 4.12. The van der Waals surface area contributed by atoms with E-state index in [-0.39, 0.29) is 6.09 Å². The second-order valence-electron chi connectivity index (χ2n) is 9.17. The summed E-state index contributed by atoms with van der Waals surface area (Å²) in [6.07, 6.45) is 1.61. The second-order valence-corrected chi connectivity index (χ2v) is 9.17. The van der Waals surface area contributed by atoms with Crippen molar-refractivity contribution < 1.29 is 19.0 Å². The van der Waals surface area contributed by atoms with Crippen LogP contribution < -0.4 is 9.47 Å². The van der Waals surface area contributed by atoms with Gasteiger partial charge in [-0.25, -0.2) is 9.78 Å². The lowest BCUT2D eigenvalue weighted by atomic mass is 9.89. The van der Waals surface area contributed by atoms with E-state index in [9.17, 15) is 4.79 Å². The predicted octanol–water partition coefficient (Wildman–Crippen LogP) is 5.36. The van der Waals surface area contributed by atoms with E-state index >= 15 is 0 Å². The molecule has 7 heteroatoms. The number of H-pyrrole nitrogens is 1. The number of imidazole rings is 1. The third-order valence-electron chi connectivity index (χ3n) is 5.78. The van der Waals surface area contributed by atoms with Crippen molar-refractivity contribution in [3.8, 4) is 22.9 Å². The molecule has 0 radical (unpaired) electrons. The first-order chi connectivity index (χ1) is 15.3. The average Bonchev–Trinajstić information content (AvgIpc) is 3.21. The van der Waals surface area contributed by atoms with Gasteiger partial charge in [-0.2, -0.15) is 0 Å². The number of hydrogen-bond donors (Lipinski definition) is 1. The van der Waals surface area contributed by atoms with Crippen molar-refractivity contribution in [1.82, 2.24) is 14.9 Å². The third-order valence-corrected chi connectivity index (χ3v) is 5.78. The highest BCUT2D eigenvalue weighted by Crippen LogP contribution is 2.34. The molecule has 4 rings (SSSR count). The molecule has 170 valence electrons. The molecule has 1 N–H and O–H groups in total. The fourth-order valence-electron chi connectivity index (χ4n) is 4.12. The van der Waals surface area contributed by atoms with Crippen LogP contribution in [0.25, 0.3) is 22.4 Å². The number of piperidine rings is 1. The maximum atomic E-state index is 12.3. The van der Waals surface area contributed by atoms with Crippen LogP contribution in [0.15, 0.2) is 36.4 Å². The zero-order valence-electron chi connectivity index (χ0n) is 19.4. The molecule has 1 fully saturated rings. The van der Waals surface area contributed by atoms with Crippen LogP contribution in [0, 0.1) is 0 Å². The van der Waals surface area contributed by atoms with Gasteiger partial charge >= 0.3 is 6.09 Å². The smallest absolute Gasteiger partial charge is 0.410 e. The largest absolute Gasteiger partial charge is 0.493 e. The number of likely N-dealkylation sites (tertiary alicyclic amines) is 1. The first-order valence-corrected chi connectivity index (χ1v) is 11.0. The van der Waals surface area contributed by atoms with Gasteiger partial charge in [-0.15, -0.1) is 0 Å². The number of aromatic amines is 1. The van der Waals surface area contributed by atoms with E-state index < -0.39 is 5.60 Å². The molecule has 1 aromatic heterocycles. The Balaban J connectivity index is 1.49. The maximum Gasteiger partial charge on any atom is 0.410 e. The van der Waals surface area contributed by atoms with Gasteiger partial charge in [0.25, 0.3) is 0 Å². The number of methoxy groups -OCH3 is 2. The van der Waals surface area contributed by atoms with Crippen LogP contribution >= 0.6 is 0 Å². The molecule has 0 bridgehead atoms. The van der Waals surface area contributed by atoms with Crippen molar-refractivity contribution in [3.05, 3.63) is 42.0 Å². The summed E-state index contributed by atoms with van der Waals surface area (Å²) < 4.78 is 16.3. The van der Waals surface area contributed by atoms with Gasteiger partial charge in [0.1, 0.15) is 11.4 Å². The van der Waals surface area contributed by atoms with Crippen LogP contribution in [-0.2, 0) is 4.74 Å². The van der Waals surface area contributed by atoms with E-state index in [0.29, 0.717) is 30.5 Å². The Morgan fingerprint density at radius 2 is 1.75 bits per heavy atom. The monoisotopic (exact) mass is 437 g/mol. The van der Waals surface area contributed by atoms with Gasteiger partial charge in [-0.1, -0.05) is 6.07 Å². The average molecular weight is 438 g/mol. The van der Waals surface area contributed by atoms with E-state index in [1.165, 1.54) is 5.56 Å². The van der Waals surface area contributed by atoms with Gasteiger partial charge in [-0.05, 0) is 75.4 Å². The molecule has 1 aliphatic rings. The number of ether oxygens (including phenoxy) is 3. The van der Waals surface area contributed by atoms with Gasteiger partial charge in [0.05, 0.1) is 25.3 Å². The number of amides is 1. The quantitative estimate of drug-likeness (QED) is 0.594. The number of hydrogen-bond acceptors (Lipinski definition) is 5. The maximum absolute atomic E-state index is 12.3. The Bertz CT molecular complexity index is 1110. The molecule has 0 unspecified atom stereocenters. The number of fused-ring (bicyclic) bond motifs is 1. The first kappa shape index (κ1) is 22.0. The summed E-state index contributed by atoms with van der Waals surface area (Å²) in [5, 5.41) is 0. The second kappa shape index (κ2) is 8.73. The van der Waals surface area contributed by atoms with Crippen LogP contribution in [0.3, 0.4) is 0 Å². The molecule has 7 nitrogen and oxygen atoms in total. The Morgan fingerprint density at radius 1 is 1.03 bits per heavy atom. The van der Waals surface area contributed by atoms with Gasteiger partial charge in [0, 0.05) is 18.7 Å².